The van der Waals surface area contributed by atoms with Gasteiger partial charge in [0, 0.05) is 30.8 Å². The summed E-state index contributed by atoms with van der Waals surface area (Å²) in [4.78, 5) is 1.33. The third kappa shape index (κ3) is 6.84. The molecule has 18 heavy (non-hydrogen) atoms. The van der Waals surface area contributed by atoms with Crippen molar-refractivity contribution in [2.45, 2.75) is 24.8 Å². The van der Waals surface area contributed by atoms with Gasteiger partial charge >= 0.3 is 0 Å². The highest BCUT2D eigenvalue weighted by molar-refractivity contribution is 7.99. The molecule has 0 bridgehead atoms. The van der Waals surface area contributed by atoms with Gasteiger partial charge in [-0.25, -0.2) is 0 Å². The van der Waals surface area contributed by atoms with E-state index in [9.17, 15) is 0 Å². The number of hydrogen-bond donors (Lipinski definition) is 1. The number of methoxy groups -OCH3 is 1. The molecule has 1 rings (SSSR count). The van der Waals surface area contributed by atoms with Crippen molar-refractivity contribution in [2.75, 3.05) is 26.0 Å². The molecular weight excluding hydrogens is 242 g/mol. The Bertz CT molecular complexity index is 348. The van der Waals surface area contributed by atoms with Gasteiger partial charge in [0.15, 0.2) is 0 Å². The summed E-state index contributed by atoms with van der Waals surface area (Å²) in [6.45, 7) is 8.55. The second-order valence-corrected chi connectivity index (χ2v) is 5.54. The van der Waals surface area contributed by atoms with Gasteiger partial charge in [0.2, 0.25) is 0 Å². The molecule has 0 unspecified atom stereocenters. The quantitative estimate of drug-likeness (QED) is 0.419. The van der Waals surface area contributed by atoms with Crippen LogP contribution in [0, 0.1) is 0 Å². The third-order valence-corrected chi connectivity index (χ3v) is 3.55. The fourth-order valence-corrected chi connectivity index (χ4v) is 2.47. The van der Waals surface area contributed by atoms with Crippen molar-refractivity contribution in [3.8, 4) is 0 Å². The minimum absolute atomic E-state index is 0.759. The molecule has 0 aliphatic heterocycles. The molecule has 0 fully saturated rings. The van der Waals surface area contributed by atoms with Crippen LogP contribution < -0.4 is 5.32 Å². The Morgan fingerprint density at radius 3 is 2.67 bits per heavy atom. The number of nitrogens with one attached hydrogen (secondary N) is 1. The van der Waals surface area contributed by atoms with E-state index in [-0.39, 0.29) is 0 Å². The van der Waals surface area contributed by atoms with E-state index >= 15 is 0 Å². The van der Waals surface area contributed by atoms with E-state index < -0.39 is 0 Å². The molecule has 2 nitrogen and oxygen atoms in total. The van der Waals surface area contributed by atoms with Crippen molar-refractivity contribution in [1.29, 1.82) is 0 Å². The average Bonchev–Trinajstić information content (AvgIpc) is 2.36. The summed E-state index contributed by atoms with van der Waals surface area (Å²) < 4.78 is 4.99. The van der Waals surface area contributed by atoms with Gasteiger partial charge in [-0.1, -0.05) is 17.7 Å². The summed E-state index contributed by atoms with van der Waals surface area (Å²) in [6.07, 6.45) is 1.09. The Labute approximate surface area is 115 Å². The lowest BCUT2D eigenvalue weighted by molar-refractivity contribution is 0.199. The predicted octanol–water partition coefficient (Wildman–Crippen LogP) is 3.48. The van der Waals surface area contributed by atoms with Crippen molar-refractivity contribution in [3.63, 3.8) is 0 Å². The zero-order chi connectivity index (χ0) is 13.2. The van der Waals surface area contributed by atoms with Crippen molar-refractivity contribution in [1.82, 2.24) is 5.32 Å². The summed E-state index contributed by atoms with van der Waals surface area (Å²) >= 11 is 1.89. The van der Waals surface area contributed by atoms with Crippen LogP contribution >= 0.6 is 11.8 Å². The Morgan fingerprint density at radius 1 is 1.33 bits per heavy atom. The Morgan fingerprint density at radius 2 is 2.06 bits per heavy atom. The molecule has 0 saturated heterocycles. The molecule has 0 aliphatic carbocycles. The molecule has 0 amide bonds. The topological polar surface area (TPSA) is 21.3 Å². The molecule has 0 radical (unpaired) electrons. The summed E-state index contributed by atoms with van der Waals surface area (Å²) in [5.74, 6) is 1.11. The zero-order valence-corrected chi connectivity index (χ0v) is 12.2. The number of ether oxygens (including phenoxy) is 1. The average molecular weight is 265 g/mol. The maximum atomic E-state index is 4.99. The van der Waals surface area contributed by atoms with Gasteiger partial charge in [0.25, 0.3) is 0 Å². The van der Waals surface area contributed by atoms with Gasteiger partial charge in [0.1, 0.15) is 0 Å². The first-order chi connectivity index (χ1) is 8.72. The van der Waals surface area contributed by atoms with Crippen LogP contribution in [0.15, 0.2) is 41.3 Å². The Balaban J connectivity index is 2.26. The minimum atomic E-state index is 0.759. The smallest absolute Gasteiger partial charge is 0.0587 e. The fourth-order valence-electron chi connectivity index (χ4n) is 1.45. The highest BCUT2D eigenvalue weighted by Gasteiger charge is 1.96. The van der Waals surface area contributed by atoms with Crippen LogP contribution in [0.4, 0.5) is 0 Å². The number of allylic oxidation sites excluding steroid dienone is 1. The number of benzene rings is 1. The molecule has 0 saturated carbocycles. The van der Waals surface area contributed by atoms with Crippen LogP contribution in [0.25, 0.3) is 0 Å². The Hall–Kier alpha value is -0.770. The van der Waals surface area contributed by atoms with E-state index in [1.165, 1.54) is 16.0 Å². The summed E-state index contributed by atoms with van der Waals surface area (Å²) in [5.41, 5.74) is 2.57. The van der Waals surface area contributed by atoms with Gasteiger partial charge in [0.05, 0.1) is 6.61 Å². The highest BCUT2D eigenvalue weighted by atomic mass is 32.2. The SMILES string of the molecule is C=C(C)CCSc1ccc(CNCCOC)cc1. The largest absolute Gasteiger partial charge is 0.383 e. The minimum Gasteiger partial charge on any atom is -0.383 e. The van der Waals surface area contributed by atoms with Crippen LogP contribution in [-0.2, 0) is 11.3 Å². The molecule has 0 spiro atoms. The number of thioether (sulfide) groups is 1. The van der Waals surface area contributed by atoms with E-state index in [2.05, 4.69) is 43.1 Å². The summed E-state index contributed by atoms with van der Waals surface area (Å²) in [5, 5.41) is 3.34. The summed E-state index contributed by atoms with van der Waals surface area (Å²) in [6, 6.07) is 8.75. The van der Waals surface area contributed by atoms with Gasteiger partial charge in [-0.05, 0) is 31.0 Å². The molecule has 3 heteroatoms. The van der Waals surface area contributed by atoms with E-state index in [1.54, 1.807) is 7.11 Å². The lowest BCUT2D eigenvalue weighted by atomic mass is 10.2. The predicted molar refractivity (Wildman–Crippen MR) is 80.2 cm³/mol. The highest BCUT2D eigenvalue weighted by Crippen LogP contribution is 2.20. The fraction of sp³-hybridized carbons (Fsp3) is 0.467. The van der Waals surface area contributed by atoms with Crippen LogP contribution in [-0.4, -0.2) is 26.0 Å². The zero-order valence-electron chi connectivity index (χ0n) is 11.4. The third-order valence-electron chi connectivity index (χ3n) is 2.53. The first kappa shape index (κ1) is 15.3. The first-order valence-corrected chi connectivity index (χ1v) is 7.26. The Kier molecular flexibility index (Phi) is 7.81. The number of rotatable bonds is 9. The standard InChI is InChI=1S/C15H23NOS/c1-13(2)8-11-18-15-6-4-14(5-7-15)12-16-9-10-17-3/h4-7,16H,1,8-12H2,2-3H3. The molecule has 1 aromatic rings. The second-order valence-electron chi connectivity index (χ2n) is 4.37. The van der Waals surface area contributed by atoms with Gasteiger partial charge in [-0.15, -0.1) is 18.3 Å². The lowest BCUT2D eigenvalue weighted by Crippen LogP contribution is -2.18. The normalized spacial score (nSPS) is 10.6. The molecule has 0 aliphatic rings. The molecule has 100 valence electrons. The van der Waals surface area contributed by atoms with E-state index in [0.29, 0.717) is 0 Å². The maximum absolute atomic E-state index is 4.99. The van der Waals surface area contributed by atoms with E-state index in [1.807, 2.05) is 11.8 Å². The van der Waals surface area contributed by atoms with E-state index in [4.69, 9.17) is 4.74 Å². The molecule has 0 atom stereocenters. The van der Waals surface area contributed by atoms with Crippen molar-refractivity contribution >= 4 is 11.8 Å². The van der Waals surface area contributed by atoms with Crippen molar-refractivity contribution in [3.05, 3.63) is 42.0 Å². The lowest BCUT2D eigenvalue weighted by Gasteiger charge is -2.06. The molecule has 1 aromatic carbocycles. The van der Waals surface area contributed by atoms with Crippen LogP contribution in [0.5, 0.6) is 0 Å². The maximum Gasteiger partial charge on any atom is 0.0587 e. The first-order valence-electron chi connectivity index (χ1n) is 6.28. The number of hydrogen-bond acceptors (Lipinski definition) is 3. The van der Waals surface area contributed by atoms with Gasteiger partial charge in [-0.3, -0.25) is 0 Å². The molecular formula is C15H23NOS. The van der Waals surface area contributed by atoms with Crippen LogP contribution in [0.2, 0.25) is 0 Å². The monoisotopic (exact) mass is 265 g/mol. The molecule has 0 heterocycles. The molecule has 1 N–H and O–H groups in total. The van der Waals surface area contributed by atoms with Gasteiger partial charge in [-0.2, -0.15) is 0 Å². The van der Waals surface area contributed by atoms with Crippen LogP contribution in [0.3, 0.4) is 0 Å². The molecule has 0 aromatic heterocycles. The van der Waals surface area contributed by atoms with Crippen LogP contribution in [0.1, 0.15) is 18.9 Å². The van der Waals surface area contributed by atoms with Gasteiger partial charge < -0.3 is 10.1 Å². The van der Waals surface area contributed by atoms with E-state index in [0.717, 1.165) is 31.9 Å². The summed E-state index contributed by atoms with van der Waals surface area (Å²) in [7, 11) is 1.72. The van der Waals surface area contributed by atoms with Crippen molar-refractivity contribution < 1.29 is 4.74 Å². The second kappa shape index (κ2) is 9.20. The van der Waals surface area contributed by atoms with Crippen molar-refractivity contribution in [2.24, 2.45) is 0 Å².